The lowest BCUT2D eigenvalue weighted by Gasteiger charge is -2.32. The van der Waals surface area contributed by atoms with Crippen LogP contribution in [0.1, 0.15) is 39.5 Å². The molecule has 0 aromatic rings. The molecule has 2 aliphatic rings. The van der Waals surface area contributed by atoms with E-state index in [0.717, 1.165) is 38.8 Å². The van der Waals surface area contributed by atoms with E-state index < -0.39 is 5.54 Å². The fraction of sp³-hybridized carbons (Fsp3) is 0.923. The minimum Gasteiger partial charge on any atom is -0.376 e. The van der Waals surface area contributed by atoms with E-state index in [1.807, 2.05) is 11.8 Å². The second-order valence-corrected chi connectivity index (χ2v) is 5.56. The molecule has 1 heterocycles. The zero-order chi connectivity index (χ0) is 12.5. The highest BCUT2D eigenvalue weighted by Crippen LogP contribution is 2.39. The number of nitrogens with two attached hydrogens (primary N) is 1. The van der Waals surface area contributed by atoms with Crippen molar-refractivity contribution in [2.45, 2.75) is 51.2 Å². The quantitative estimate of drug-likeness (QED) is 0.805. The van der Waals surface area contributed by atoms with E-state index in [1.54, 1.807) is 0 Å². The molecule has 4 nitrogen and oxygen atoms in total. The van der Waals surface area contributed by atoms with Crippen LogP contribution in [0.15, 0.2) is 0 Å². The number of carbonyl (C=O) groups excluding carboxylic acids is 1. The van der Waals surface area contributed by atoms with Gasteiger partial charge < -0.3 is 15.4 Å². The third-order valence-electron chi connectivity index (χ3n) is 3.98. The van der Waals surface area contributed by atoms with E-state index in [2.05, 4.69) is 6.92 Å². The molecular formula is C13H24N2O2. The first-order chi connectivity index (χ1) is 8.05. The van der Waals surface area contributed by atoms with Gasteiger partial charge in [-0.2, -0.15) is 0 Å². The number of hydrogen-bond donors (Lipinski definition) is 1. The minimum atomic E-state index is -0.664. The Morgan fingerprint density at radius 2 is 2.24 bits per heavy atom. The topological polar surface area (TPSA) is 55.6 Å². The molecule has 0 aromatic heterocycles. The van der Waals surface area contributed by atoms with Crippen LogP contribution in [0.2, 0.25) is 0 Å². The highest BCUT2D eigenvalue weighted by Gasteiger charge is 2.46. The average Bonchev–Trinajstić information content (AvgIpc) is 3.14. The van der Waals surface area contributed by atoms with Gasteiger partial charge in [-0.05, 0) is 38.5 Å². The standard InChI is InChI=1S/C13H24N2O2/c1-3-11-9-15(7-4-8-17-11)12(16)13(2,14)10-5-6-10/h10-11H,3-9,14H2,1-2H3. The van der Waals surface area contributed by atoms with Crippen LogP contribution in [0.5, 0.6) is 0 Å². The van der Waals surface area contributed by atoms with E-state index in [9.17, 15) is 4.79 Å². The van der Waals surface area contributed by atoms with Gasteiger partial charge in [0.2, 0.25) is 5.91 Å². The molecule has 17 heavy (non-hydrogen) atoms. The van der Waals surface area contributed by atoms with Crippen molar-refractivity contribution < 1.29 is 9.53 Å². The maximum atomic E-state index is 12.5. The summed E-state index contributed by atoms with van der Waals surface area (Å²) in [6.45, 7) is 6.23. The van der Waals surface area contributed by atoms with Crippen LogP contribution in [-0.4, -0.2) is 42.1 Å². The maximum Gasteiger partial charge on any atom is 0.242 e. The van der Waals surface area contributed by atoms with Crippen LogP contribution in [0, 0.1) is 5.92 Å². The first-order valence-corrected chi connectivity index (χ1v) is 6.75. The van der Waals surface area contributed by atoms with Gasteiger partial charge in [0.1, 0.15) is 0 Å². The van der Waals surface area contributed by atoms with Gasteiger partial charge in [0, 0.05) is 19.7 Å². The monoisotopic (exact) mass is 240 g/mol. The van der Waals surface area contributed by atoms with Crippen molar-refractivity contribution in [1.82, 2.24) is 4.90 Å². The molecule has 2 N–H and O–H groups in total. The van der Waals surface area contributed by atoms with E-state index >= 15 is 0 Å². The lowest BCUT2D eigenvalue weighted by atomic mass is 9.95. The zero-order valence-corrected chi connectivity index (χ0v) is 10.9. The second kappa shape index (κ2) is 4.94. The SMILES string of the molecule is CCC1CN(C(=O)C(C)(N)C2CC2)CCCO1. The number of ether oxygens (including phenoxy) is 1. The molecule has 2 unspecified atom stereocenters. The molecule has 0 bridgehead atoms. The van der Waals surface area contributed by atoms with Crippen molar-refractivity contribution in [3.8, 4) is 0 Å². The van der Waals surface area contributed by atoms with Crippen molar-refractivity contribution in [3.05, 3.63) is 0 Å². The largest absolute Gasteiger partial charge is 0.376 e. The number of nitrogens with zero attached hydrogens (tertiary/aromatic N) is 1. The van der Waals surface area contributed by atoms with Gasteiger partial charge in [-0.15, -0.1) is 0 Å². The fourth-order valence-corrected chi connectivity index (χ4v) is 2.52. The van der Waals surface area contributed by atoms with Crippen LogP contribution < -0.4 is 5.73 Å². The van der Waals surface area contributed by atoms with Gasteiger partial charge in [0.15, 0.2) is 0 Å². The lowest BCUT2D eigenvalue weighted by molar-refractivity contribution is -0.138. The molecule has 2 atom stereocenters. The molecule has 0 aromatic carbocycles. The van der Waals surface area contributed by atoms with E-state index in [-0.39, 0.29) is 12.0 Å². The van der Waals surface area contributed by atoms with Gasteiger partial charge in [-0.25, -0.2) is 0 Å². The van der Waals surface area contributed by atoms with Crippen molar-refractivity contribution in [2.75, 3.05) is 19.7 Å². The third kappa shape index (κ3) is 2.80. The van der Waals surface area contributed by atoms with Gasteiger partial charge >= 0.3 is 0 Å². The van der Waals surface area contributed by atoms with Crippen molar-refractivity contribution in [3.63, 3.8) is 0 Å². The average molecular weight is 240 g/mol. The Bertz CT molecular complexity index is 287. The highest BCUT2D eigenvalue weighted by atomic mass is 16.5. The molecule has 98 valence electrons. The molecule has 1 saturated carbocycles. The van der Waals surface area contributed by atoms with Crippen molar-refractivity contribution in [2.24, 2.45) is 11.7 Å². The van der Waals surface area contributed by atoms with E-state index in [4.69, 9.17) is 10.5 Å². The molecule has 0 spiro atoms. The molecule has 1 saturated heterocycles. The molecule has 2 fully saturated rings. The Kier molecular flexibility index (Phi) is 3.73. The van der Waals surface area contributed by atoms with Gasteiger partial charge in [-0.1, -0.05) is 6.92 Å². The Labute approximate surface area is 103 Å². The summed E-state index contributed by atoms with van der Waals surface area (Å²) in [4.78, 5) is 14.4. The molecule has 1 aliphatic heterocycles. The highest BCUT2D eigenvalue weighted by molar-refractivity contribution is 5.86. The number of carbonyl (C=O) groups is 1. The fourth-order valence-electron chi connectivity index (χ4n) is 2.52. The first-order valence-electron chi connectivity index (χ1n) is 6.75. The zero-order valence-electron chi connectivity index (χ0n) is 10.9. The summed E-state index contributed by atoms with van der Waals surface area (Å²) in [5.74, 6) is 0.503. The van der Waals surface area contributed by atoms with Crippen LogP contribution in [0.4, 0.5) is 0 Å². The van der Waals surface area contributed by atoms with Crippen LogP contribution in [0.25, 0.3) is 0 Å². The summed E-state index contributed by atoms with van der Waals surface area (Å²) in [5, 5.41) is 0. The molecule has 1 aliphatic carbocycles. The van der Waals surface area contributed by atoms with Crippen LogP contribution in [-0.2, 0) is 9.53 Å². The number of amides is 1. The van der Waals surface area contributed by atoms with Crippen molar-refractivity contribution in [1.29, 1.82) is 0 Å². The summed E-state index contributed by atoms with van der Waals surface area (Å²) < 4.78 is 5.69. The molecular weight excluding hydrogens is 216 g/mol. The Morgan fingerprint density at radius 3 is 2.82 bits per heavy atom. The summed E-state index contributed by atoms with van der Waals surface area (Å²) in [7, 11) is 0. The maximum absolute atomic E-state index is 12.5. The molecule has 0 radical (unpaired) electrons. The summed E-state index contributed by atoms with van der Waals surface area (Å²) in [6, 6.07) is 0. The first kappa shape index (κ1) is 12.8. The predicted octanol–water partition coefficient (Wildman–Crippen LogP) is 1.14. The van der Waals surface area contributed by atoms with Crippen LogP contribution >= 0.6 is 0 Å². The minimum absolute atomic E-state index is 0.115. The van der Waals surface area contributed by atoms with E-state index in [0.29, 0.717) is 12.5 Å². The summed E-state index contributed by atoms with van der Waals surface area (Å²) >= 11 is 0. The summed E-state index contributed by atoms with van der Waals surface area (Å²) in [5.41, 5.74) is 5.54. The molecule has 1 amide bonds. The van der Waals surface area contributed by atoms with Crippen LogP contribution in [0.3, 0.4) is 0 Å². The lowest BCUT2D eigenvalue weighted by Crippen LogP contribution is -2.56. The van der Waals surface area contributed by atoms with E-state index in [1.165, 1.54) is 0 Å². The Hall–Kier alpha value is -0.610. The molecule has 2 rings (SSSR count). The molecule has 4 heteroatoms. The Morgan fingerprint density at radius 1 is 1.53 bits per heavy atom. The summed E-state index contributed by atoms with van der Waals surface area (Å²) in [6.07, 6.45) is 4.24. The number of hydrogen-bond acceptors (Lipinski definition) is 3. The normalized spacial score (nSPS) is 29.6. The predicted molar refractivity (Wildman–Crippen MR) is 66.5 cm³/mol. The van der Waals surface area contributed by atoms with Gasteiger partial charge in [0.25, 0.3) is 0 Å². The Balaban J connectivity index is 2.01. The van der Waals surface area contributed by atoms with Gasteiger partial charge in [-0.3, -0.25) is 4.79 Å². The van der Waals surface area contributed by atoms with Crippen molar-refractivity contribution >= 4 is 5.91 Å². The van der Waals surface area contributed by atoms with Gasteiger partial charge in [0.05, 0.1) is 11.6 Å². The number of rotatable bonds is 3. The smallest absolute Gasteiger partial charge is 0.242 e. The second-order valence-electron chi connectivity index (χ2n) is 5.56. The third-order valence-corrected chi connectivity index (χ3v) is 3.98.